The van der Waals surface area contributed by atoms with Gasteiger partial charge in [0.15, 0.2) is 0 Å². The van der Waals surface area contributed by atoms with Gasteiger partial charge in [-0.15, -0.1) is 0 Å². The Morgan fingerprint density at radius 1 is 1.47 bits per heavy atom. The molecule has 0 saturated heterocycles. The van der Waals surface area contributed by atoms with Crippen LogP contribution in [0.25, 0.3) is 11.4 Å². The number of aromatic nitrogens is 3. The predicted octanol–water partition coefficient (Wildman–Crippen LogP) is 1.46. The Balaban J connectivity index is 2.37. The lowest BCUT2D eigenvalue weighted by Crippen LogP contribution is -2.04. The third-order valence-corrected chi connectivity index (χ3v) is 1.99. The molecule has 0 aromatic carbocycles. The van der Waals surface area contributed by atoms with Crippen LogP contribution in [0.5, 0.6) is 0 Å². The molecule has 1 atom stereocenters. The van der Waals surface area contributed by atoms with Crippen LogP contribution in [0, 0.1) is 6.92 Å². The molecule has 2 aromatic heterocycles. The van der Waals surface area contributed by atoms with Crippen molar-refractivity contribution in [2.75, 3.05) is 0 Å². The molecule has 0 spiro atoms. The maximum absolute atomic E-state index is 5.63. The summed E-state index contributed by atoms with van der Waals surface area (Å²) in [5.74, 6) is 0.993. The monoisotopic (exact) mass is 204 g/mol. The van der Waals surface area contributed by atoms with Gasteiger partial charge in [-0.2, -0.15) is 4.98 Å². The topological polar surface area (TPSA) is 77.8 Å². The second-order valence-electron chi connectivity index (χ2n) is 3.43. The van der Waals surface area contributed by atoms with Gasteiger partial charge in [0.25, 0.3) is 0 Å². The first-order valence-corrected chi connectivity index (χ1v) is 4.69. The fourth-order valence-electron chi connectivity index (χ4n) is 1.22. The molecule has 2 rings (SSSR count). The number of pyridine rings is 1. The summed E-state index contributed by atoms with van der Waals surface area (Å²) >= 11 is 0. The Bertz CT molecular complexity index is 464. The summed E-state index contributed by atoms with van der Waals surface area (Å²) in [6.07, 6.45) is 1.71. The van der Waals surface area contributed by atoms with Crippen molar-refractivity contribution < 1.29 is 4.52 Å². The van der Waals surface area contributed by atoms with E-state index in [-0.39, 0.29) is 6.04 Å². The van der Waals surface area contributed by atoms with Gasteiger partial charge in [0, 0.05) is 17.5 Å². The van der Waals surface area contributed by atoms with Crippen LogP contribution in [0.2, 0.25) is 0 Å². The minimum Gasteiger partial charge on any atom is -0.337 e. The molecule has 2 heterocycles. The van der Waals surface area contributed by atoms with E-state index >= 15 is 0 Å². The zero-order valence-electron chi connectivity index (χ0n) is 8.64. The van der Waals surface area contributed by atoms with Crippen molar-refractivity contribution in [1.29, 1.82) is 0 Å². The zero-order valence-corrected chi connectivity index (χ0v) is 8.64. The van der Waals surface area contributed by atoms with E-state index in [0.717, 1.165) is 11.3 Å². The Hall–Kier alpha value is -1.75. The van der Waals surface area contributed by atoms with Crippen LogP contribution in [0.4, 0.5) is 0 Å². The highest BCUT2D eigenvalue weighted by Crippen LogP contribution is 2.17. The van der Waals surface area contributed by atoms with E-state index in [4.69, 9.17) is 10.3 Å². The van der Waals surface area contributed by atoms with Gasteiger partial charge in [-0.05, 0) is 26.0 Å². The zero-order chi connectivity index (χ0) is 10.8. The largest absolute Gasteiger partial charge is 0.337 e. The van der Waals surface area contributed by atoms with Crippen LogP contribution in [-0.4, -0.2) is 15.1 Å². The SMILES string of the molecule is Cc1cc(-c2noc([C@H](C)N)n2)ccn1. The second-order valence-corrected chi connectivity index (χ2v) is 3.43. The molecule has 0 aliphatic rings. The summed E-state index contributed by atoms with van der Waals surface area (Å²) in [6, 6.07) is 3.49. The molecular weight excluding hydrogens is 192 g/mol. The number of nitrogens with two attached hydrogens (primary N) is 1. The van der Waals surface area contributed by atoms with Crippen LogP contribution >= 0.6 is 0 Å². The van der Waals surface area contributed by atoms with Crippen molar-refractivity contribution in [2.24, 2.45) is 5.73 Å². The summed E-state index contributed by atoms with van der Waals surface area (Å²) in [7, 11) is 0. The standard InChI is InChI=1S/C10H12N4O/c1-6-5-8(3-4-12-6)9-13-10(7(2)11)15-14-9/h3-5,7H,11H2,1-2H3/t7-/m0/s1. The van der Waals surface area contributed by atoms with Gasteiger partial charge < -0.3 is 10.3 Å². The molecule has 78 valence electrons. The maximum Gasteiger partial charge on any atom is 0.243 e. The minimum atomic E-state index is -0.241. The minimum absolute atomic E-state index is 0.241. The summed E-state index contributed by atoms with van der Waals surface area (Å²) in [6.45, 7) is 3.71. The Labute approximate surface area is 87.3 Å². The molecule has 0 aliphatic carbocycles. The van der Waals surface area contributed by atoms with E-state index in [0.29, 0.717) is 11.7 Å². The summed E-state index contributed by atoms with van der Waals surface area (Å²) < 4.78 is 5.01. The summed E-state index contributed by atoms with van der Waals surface area (Å²) in [5.41, 5.74) is 7.43. The molecule has 0 bridgehead atoms. The Kier molecular flexibility index (Phi) is 2.47. The predicted molar refractivity (Wildman–Crippen MR) is 54.9 cm³/mol. The summed E-state index contributed by atoms with van der Waals surface area (Å²) in [5, 5.41) is 3.85. The summed E-state index contributed by atoms with van der Waals surface area (Å²) in [4.78, 5) is 8.29. The van der Waals surface area contributed by atoms with Gasteiger partial charge in [-0.3, -0.25) is 4.98 Å². The normalized spacial score (nSPS) is 12.7. The molecule has 0 saturated carbocycles. The first kappa shape index (κ1) is 9.79. The van der Waals surface area contributed by atoms with Crippen molar-refractivity contribution in [3.8, 4) is 11.4 Å². The number of rotatable bonds is 2. The molecular formula is C10H12N4O. The Morgan fingerprint density at radius 2 is 2.27 bits per heavy atom. The van der Waals surface area contributed by atoms with Gasteiger partial charge in [0.05, 0.1) is 6.04 Å². The number of hydrogen-bond donors (Lipinski definition) is 1. The fraction of sp³-hybridized carbons (Fsp3) is 0.300. The molecule has 0 amide bonds. The lowest BCUT2D eigenvalue weighted by atomic mass is 10.2. The van der Waals surface area contributed by atoms with Crippen molar-refractivity contribution >= 4 is 0 Å². The third-order valence-electron chi connectivity index (χ3n) is 1.99. The molecule has 0 unspecified atom stereocenters. The average Bonchev–Trinajstić information content (AvgIpc) is 2.66. The average molecular weight is 204 g/mol. The number of nitrogens with zero attached hydrogens (tertiary/aromatic N) is 3. The van der Waals surface area contributed by atoms with E-state index in [9.17, 15) is 0 Å². The lowest BCUT2D eigenvalue weighted by Gasteiger charge is -1.95. The third kappa shape index (κ3) is 2.02. The smallest absolute Gasteiger partial charge is 0.243 e. The van der Waals surface area contributed by atoms with Gasteiger partial charge >= 0.3 is 0 Å². The van der Waals surface area contributed by atoms with Crippen LogP contribution in [0.1, 0.15) is 24.6 Å². The molecule has 0 aliphatic heterocycles. The van der Waals surface area contributed by atoms with Crippen LogP contribution < -0.4 is 5.73 Å². The van der Waals surface area contributed by atoms with Gasteiger partial charge in [-0.1, -0.05) is 5.16 Å². The van der Waals surface area contributed by atoms with Crippen molar-refractivity contribution in [2.45, 2.75) is 19.9 Å². The van der Waals surface area contributed by atoms with Crippen molar-refractivity contribution in [3.63, 3.8) is 0 Å². The highest BCUT2D eigenvalue weighted by Gasteiger charge is 2.11. The van der Waals surface area contributed by atoms with E-state index in [1.807, 2.05) is 19.1 Å². The molecule has 0 radical (unpaired) electrons. The van der Waals surface area contributed by atoms with Crippen molar-refractivity contribution in [3.05, 3.63) is 29.9 Å². The maximum atomic E-state index is 5.63. The van der Waals surface area contributed by atoms with E-state index < -0.39 is 0 Å². The first-order valence-electron chi connectivity index (χ1n) is 4.69. The Morgan fingerprint density at radius 3 is 2.87 bits per heavy atom. The van der Waals surface area contributed by atoms with Gasteiger partial charge in [0.1, 0.15) is 0 Å². The highest BCUT2D eigenvalue weighted by molar-refractivity contribution is 5.53. The lowest BCUT2D eigenvalue weighted by molar-refractivity contribution is 0.362. The molecule has 2 N–H and O–H groups in total. The molecule has 2 aromatic rings. The van der Waals surface area contributed by atoms with Crippen LogP contribution in [0.3, 0.4) is 0 Å². The van der Waals surface area contributed by atoms with E-state index in [1.54, 1.807) is 13.1 Å². The molecule has 15 heavy (non-hydrogen) atoms. The number of aryl methyl sites for hydroxylation is 1. The second kappa shape index (κ2) is 3.78. The first-order chi connectivity index (χ1) is 7.16. The molecule has 5 nitrogen and oxygen atoms in total. The van der Waals surface area contributed by atoms with Crippen LogP contribution in [-0.2, 0) is 0 Å². The fourth-order valence-corrected chi connectivity index (χ4v) is 1.22. The van der Waals surface area contributed by atoms with Crippen molar-refractivity contribution in [1.82, 2.24) is 15.1 Å². The van der Waals surface area contributed by atoms with Gasteiger partial charge in [-0.25, -0.2) is 0 Å². The van der Waals surface area contributed by atoms with Gasteiger partial charge in [0.2, 0.25) is 11.7 Å². The van der Waals surface area contributed by atoms with E-state index in [2.05, 4.69) is 15.1 Å². The van der Waals surface area contributed by atoms with E-state index in [1.165, 1.54) is 0 Å². The van der Waals surface area contributed by atoms with Crippen LogP contribution in [0.15, 0.2) is 22.9 Å². The molecule has 0 fully saturated rings. The highest BCUT2D eigenvalue weighted by atomic mass is 16.5. The quantitative estimate of drug-likeness (QED) is 0.801. The molecule has 5 heteroatoms. The number of hydrogen-bond acceptors (Lipinski definition) is 5.